The van der Waals surface area contributed by atoms with Gasteiger partial charge in [0.15, 0.2) is 0 Å². The zero-order chi connectivity index (χ0) is 19.6. The molecule has 2 aliphatic rings. The second-order valence-corrected chi connectivity index (χ2v) is 8.09. The van der Waals surface area contributed by atoms with Crippen LogP contribution in [0.5, 0.6) is 0 Å². The number of carbonyl (C=O) groups excluding carboxylic acids is 2. The van der Waals surface area contributed by atoms with Crippen molar-refractivity contribution in [3.63, 3.8) is 0 Å². The third-order valence-electron chi connectivity index (χ3n) is 4.77. The molecule has 1 atom stereocenters. The Balaban J connectivity index is 1.73. The van der Waals surface area contributed by atoms with Gasteiger partial charge in [-0.1, -0.05) is 11.2 Å². The number of benzene rings is 1. The van der Waals surface area contributed by atoms with E-state index in [1.54, 1.807) is 9.80 Å². The van der Waals surface area contributed by atoms with Crippen molar-refractivity contribution in [3.05, 3.63) is 39.8 Å². The van der Waals surface area contributed by atoms with Crippen LogP contribution in [0.2, 0.25) is 0 Å². The number of carbonyl (C=O) groups is 2. The number of nitrogens with zero attached hydrogens (tertiary/aromatic N) is 5. The molecule has 0 saturated carbocycles. The Bertz CT molecular complexity index is 795. The van der Waals surface area contributed by atoms with Crippen molar-refractivity contribution >= 4 is 17.7 Å². The molecule has 1 fully saturated rings. The minimum absolute atomic E-state index is 0.0351. The summed E-state index contributed by atoms with van der Waals surface area (Å²) < 4.78 is 5.47. The molecule has 8 nitrogen and oxygen atoms in total. The monoisotopic (exact) mass is 371 g/mol. The van der Waals surface area contributed by atoms with E-state index in [1.807, 2.05) is 39.0 Å². The molecule has 0 spiro atoms. The lowest BCUT2D eigenvalue weighted by Crippen LogP contribution is -2.40. The average Bonchev–Trinajstić information content (AvgIpc) is 2.98. The average molecular weight is 371 g/mol. The molecule has 1 aromatic carbocycles. The first-order valence-corrected chi connectivity index (χ1v) is 9.18. The fraction of sp³-hybridized carbons (Fsp3) is 0.579. The molecular weight excluding hydrogens is 346 g/mol. The highest BCUT2D eigenvalue weighted by Gasteiger charge is 2.31. The molecule has 0 radical (unpaired) electrons. The van der Waals surface area contributed by atoms with Crippen molar-refractivity contribution in [2.45, 2.75) is 45.8 Å². The molecule has 2 amide bonds. The summed E-state index contributed by atoms with van der Waals surface area (Å²) in [4.78, 5) is 30.9. The van der Waals surface area contributed by atoms with Crippen LogP contribution in [-0.2, 0) is 22.5 Å². The van der Waals surface area contributed by atoms with Crippen molar-refractivity contribution in [2.75, 3.05) is 24.5 Å². The number of anilines is 1. The highest BCUT2D eigenvalue weighted by molar-refractivity contribution is 5.95. The smallest absolute Gasteiger partial charge is 0.410 e. The zero-order valence-electron chi connectivity index (χ0n) is 16.0. The third kappa shape index (κ3) is 4.52. The Labute approximate surface area is 158 Å². The minimum Gasteiger partial charge on any atom is -0.444 e. The number of fused-ring (bicyclic) bond motifs is 1. The van der Waals surface area contributed by atoms with Gasteiger partial charge in [0.1, 0.15) is 5.60 Å². The molecule has 27 heavy (non-hydrogen) atoms. The van der Waals surface area contributed by atoms with Crippen molar-refractivity contribution in [2.24, 2.45) is 11.0 Å². The van der Waals surface area contributed by atoms with Crippen LogP contribution >= 0.6 is 0 Å². The molecule has 0 aromatic heterocycles. The highest BCUT2D eigenvalue weighted by Crippen LogP contribution is 2.30. The van der Waals surface area contributed by atoms with Crippen LogP contribution < -0.4 is 4.90 Å². The molecule has 0 N–H and O–H groups in total. The lowest BCUT2D eigenvalue weighted by molar-refractivity contribution is -0.117. The van der Waals surface area contributed by atoms with Gasteiger partial charge in [0.25, 0.3) is 0 Å². The van der Waals surface area contributed by atoms with Gasteiger partial charge in [0, 0.05) is 43.2 Å². The summed E-state index contributed by atoms with van der Waals surface area (Å²) in [6.45, 7) is 7.54. The summed E-state index contributed by atoms with van der Waals surface area (Å²) in [5, 5.41) is 3.59. The van der Waals surface area contributed by atoms with E-state index in [1.165, 1.54) is 5.56 Å². The van der Waals surface area contributed by atoms with Gasteiger partial charge >= 0.3 is 6.09 Å². The number of amides is 2. The van der Waals surface area contributed by atoms with E-state index in [-0.39, 0.29) is 17.9 Å². The zero-order valence-corrected chi connectivity index (χ0v) is 16.0. The second-order valence-electron chi connectivity index (χ2n) is 8.09. The minimum atomic E-state index is -0.526. The van der Waals surface area contributed by atoms with Crippen molar-refractivity contribution in [3.8, 4) is 0 Å². The third-order valence-corrected chi connectivity index (χ3v) is 4.77. The van der Waals surface area contributed by atoms with Gasteiger partial charge in [-0.3, -0.25) is 4.79 Å². The number of rotatable bonds is 3. The van der Waals surface area contributed by atoms with Crippen LogP contribution in [0.25, 0.3) is 10.4 Å². The summed E-state index contributed by atoms with van der Waals surface area (Å²) in [5.41, 5.74) is 11.0. The SMILES string of the molecule is CC(C)(C)OC(=O)N1CCc2ccc(N3CC(CN=[N+]=[N-])CC3=O)cc2C1. The predicted octanol–water partition coefficient (Wildman–Crippen LogP) is 3.64. The first-order chi connectivity index (χ1) is 12.8. The van der Waals surface area contributed by atoms with Crippen molar-refractivity contribution < 1.29 is 14.3 Å². The van der Waals surface area contributed by atoms with E-state index in [2.05, 4.69) is 10.0 Å². The number of ether oxygens (including phenoxy) is 1. The fourth-order valence-corrected chi connectivity index (χ4v) is 3.50. The van der Waals surface area contributed by atoms with Gasteiger partial charge in [-0.15, -0.1) is 0 Å². The van der Waals surface area contributed by atoms with E-state index >= 15 is 0 Å². The quantitative estimate of drug-likeness (QED) is 0.461. The molecule has 144 valence electrons. The van der Waals surface area contributed by atoms with Crippen LogP contribution in [-0.4, -0.2) is 42.1 Å². The molecule has 2 heterocycles. The summed E-state index contributed by atoms with van der Waals surface area (Å²) >= 11 is 0. The first-order valence-electron chi connectivity index (χ1n) is 9.18. The van der Waals surface area contributed by atoms with E-state index in [0.29, 0.717) is 32.6 Å². The fourth-order valence-electron chi connectivity index (χ4n) is 3.50. The summed E-state index contributed by atoms with van der Waals surface area (Å²) in [5.74, 6) is 0.0793. The van der Waals surface area contributed by atoms with E-state index < -0.39 is 5.60 Å². The van der Waals surface area contributed by atoms with Crippen LogP contribution in [0, 0.1) is 5.92 Å². The molecule has 1 saturated heterocycles. The predicted molar refractivity (Wildman–Crippen MR) is 101 cm³/mol. The Morgan fingerprint density at radius 1 is 1.37 bits per heavy atom. The van der Waals surface area contributed by atoms with Crippen LogP contribution in [0.15, 0.2) is 23.3 Å². The summed E-state index contributed by atoms with van der Waals surface area (Å²) in [6, 6.07) is 5.97. The Morgan fingerprint density at radius 3 is 2.85 bits per heavy atom. The van der Waals surface area contributed by atoms with Crippen LogP contribution in [0.1, 0.15) is 38.3 Å². The molecule has 1 aromatic rings. The van der Waals surface area contributed by atoms with E-state index in [4.69, 9.17) is 10.3 Å². The second kappa shape index (κ2) is 7.48. The van der Waals surface area contributed by atoms with Crippen molar-refractivity contribution in [1.82, 2.24) is 4.90 Å². The van der Waals surface area contributed by atoms with Gasteiger partial charge < -0.3 is 14.5 Å². The largest absolute Gasteiger partial charge is 0.444 e. The molecule has 0 aliphatic carbocycles. The standard InChI is InChI=1S/C19H25N5O3/c1-19(2,3)27-18(26)23-7-6-14-4-5-16(9-15(14)12-23)24-11-13(8-17(24)25)10-21-22-20/h4-5,9,13H,6-8,10-12H2,1-3H3. The van der Waals surface area contributed by atoms with Gasteiger partial charge in [-0.05, 0) is 61.9 Å². The van der Waals surface area contributed by atoms with Gasteiger partial charge in [0.05, 0.1) is 0 Å². The topological polar surface area (TPSA) is 98.6 Å². The van der Waals surface area contributed by atoms with E-state index in [0.717, 1.165) is 17.7 Å². The Morgan fingerprint density at radius 2 is 2.15 bits per heavy atom. The number of hydrogen-bond acceptors (Lipinski definition) is 4. The Kier molecular flexibility index (Phi) is 5.28. The maximum Gasteiger partial charge on any atom is 0.410 e. The van der Waals surface area contributed by atoms with Gasteiger partial charge in [-0.2, -0.15) is 0 Å². The maximum absolute atomic E-state index is 12.4. The summed E-state index contributed by atoms with van der Waals surface area (Å²) in [7, 11) is 0. The summed E-state index contributed by atoms with van der Waals surface area (Å²) in [6.07, 6.45) is 0.841. The number of azide groups is 1. The molecule has 8 heteroatoms. The molecule has 1 unspecified atom stereocenters. The molecular formula is C19H25N5O3. The van der Waals surface area contributed by atoms with Gasteiger partial charge in [0.2, 0.25) is 5.91 Å². The lowest BCUT2D eigenvalue weighted by atomic mass is 9.99. The van der Waals surface area contributed by atoms with Gasteiger partial charge in [-0.25, -0.2) is 4.79 Å². The van der Waals surface area contributed by atoms with Crippen molar-refractivity contribution in [1.29, 1.82) is 0 Å². The van der Waals surface area contributed by atoms with Crippen LogP contribution in [0.4, 0.5) is 10.5 Å². The lowest BCUT2D eigenvalue weighted by Gasteiger charge is -2.32. The van der Waals surface area contributed by atoms with E-state index in [9.17, 15) is 9.59 Å². The first kappa shape index (κ1) is 19.0. The van der Waals surface area contributed by atoms with Crippen LogP contribution in [0.3, 0.4) is 0 Å². The molecule has 0 bridgehead atoms. The number of hydrogen-bond donors (Lipinski definition) is 0. The normalized spacial score (nSPS) is 19.5. The molecule has 2 aliphatic heterocycles. The molecule has 3 rings (SSSR count). The maximum atomic E-state index is 12.4. The highest BCUT2D eigenvalue weighted by atomic mass is 16.6. The Hall–Kier alpha value is -2.73.